The minimum atomic E-state index is 0.246. The minimum Gasteiger partial charge on any atom is -0.496 e. The van der Waals surface area contributed by atoms with E-state index in [-0.39, 0.29) is 12.1 Å². The Kier molecular flexibility index (Phi) is 6.18. The van der Waals surface area contributed by atoms with E-state index in [2.05, 4.69) is 18.3 Å². The van der Waals surface area contributed by atoms with Crippen LogP contribution in [0.15, 0.2) is 11.8 Å². The molecule has 1 N–H and O–H groups in total. The van der Waals surface area contributed by atoms with Crippen LogP contribution in [0.2, 0.25) is 0 Å². The fourth-order valence-electron chi connectivity index (χ4n) is 3.40. The van der Waals surface area contributed by atoms with Gasteiger partial charge >= 0.3 is 0 Å². The number of hydrogen-bond acceptors (Lipinski definition) is 3. The van der Waals surface area contributed by atoms with Gasteiger partial charge in [-0.1, -0.05) is 26.2 Å². The first-order valence-electron chi connectivity index (χ1n) is 7.95. The van der Waals surface area contributed by atoms with Crippen LogP contribution in [0.1, 0.15) is 51.9 Å². The third-order valence-corrected chi connectivity index (χ3v) is 4.37. The van der Waals surface area contributed by atoms with Crippen molar-refractivity contribution in [2.45, 2.75) is 64.0 Å². The molecule has 0 bridgehead atoms. The largest absolute Gasteiger partial charge is 0.496 e. The van der Waals surface area contributed by atoms with Crippen LogP contribution in [-0.2, 0) is 9.47 Å². The molecular formula is C16H29NO2. The highest BCUT2D eigenvalue weighted by Crippen LogP contribution is 2.32. The van der Waals surface area contributed by atoms with Gasteiger partial charge < -0.3 is 14.8 Å². The summed E-state index contributed by atoms with van der Waals surface area (Å²) in [5.74, 6) is 1.80. The van der Waals surface area contributed by atoms with Crippen LogP contribution in [0.4, 0.5) is 0 Å². The SMILES string of the molecule is CCCNC(C1=CCCO1)C(OC)C1CCCCC1. The molecule has 0 spiro atoms. The van der Waals surface area contributed by atoms with Crippen molar-refractivity contribution in [2.75, 3.05) is 20.3 Å². The maximum Gasteiger partial charge on any atom is 0.112 e. The molecule has 1 saturated carbocycles. The highest BCUT2D eigenvalue weighted by atomic mass is 16.5. The Morgan fingerprint density at radius 2 is 2.16 bits per heavy atom. The molecule has 2 unspecified atom stereocenters. The molecule has 3 heteroatoms. The fraction of sp³-hybridized carbons (Fsp3) is 0.875. The Morgan fingerprint density at radius 1 is 1.37 bits per heavy atom. The smallest absolute Gasteiger partial charge is 0.112 e. The lowest BCUT2D eigenvalue weighted by atomic mass is 9.82. The molecule has 1 heterocycles. The second-order valence-corrected chi connectivity index (χ2v) is 5.77. The van der Waals surface area contributed by atoms with Crippen LogP contribution >= 0.6 is 0 Å². The summed E-state index contributed by atoms with van der Waals surface area (Å²) in [5.41, 5.74) is 0. The first-order valence-corrected chi connectivity index (χ1v) is 7.95. The van der Waals surface area contributed by atoms with Crippen LogP contribution in [-0.4, -0.2) is 32.4 Å². The molecule has 2 aliphatic rings. The van der Waals surface area contributed by atoms with Crippen molar-refractivity contribution in [3.63, 3.8) is 0 Å². The molecule has 0 aromatic carbocycles. The van der Waals surface area contributed by atoms with Gasteiger partial charge in [0.1, 0.15) is 5.76 Å². The summed E-state index contributed by atoms with van der Waals surface area (Å²) in [4.78, 5) is 0. The number of nitrogens with one attached hydrogen (secondary N) is 1. The second-order valence-electron chi connectivity index (χ2n) is 5.77. The van der Waals surface area contributed by atoms with Gasteiger partial charge in [0.15, 0.2) is 0 Å². The molecule has 19 heavy (non-hydrogen) atoms. The van der Waals surface area contributed by atoms with Gasteiger partial charge in [0.05, 0.1) is 18.8 Å². The van der Waals surface area contributed by atoms with Crippen molar-refractivity contribution in [3.8, 4) is 0 Å². The predicted octanol–water partition coefficient (Wildman–Crippen LogP) is 3.25. The second kappa shape index (κ2) is 7.91. The molecule has 0 amide bonds. The molecule has 0 saturated heterocycles. The average Bonchev–Trinajstić information content (AvgIpc) is 2.98. The summed E-state index contributed by atoms with van der Waals surface area (Å²) in [6.07, 6.45) is 11.4. The van der Waals surface area contributed by atoms with Crippen molar-refractivity contribution < 1.29 is 9.47 Å². The normalized spacial score (nSPS) is 23.8. The van der Waals surface area contributed by atoms with E-state index in [4.69, 9.17) is 9.47 Å². The topological polar surface area (TPSA) is 30.5 Å². The summed E-state index contributed by atoms with van der Waals surface area (Å²) in [7, 11) is 1.86. The molecule has 110 valence electrons. The lowest BCUT2D eigenvalue weighted by molar-refractivity contribution is 0.00394. The Morgan fingerprint density at radius 3 is 2.74 bits per heavy atom. The lowest BCUT2D eigenvalue weighted by Gasteiger charge is -2.35. The van der Waals surface area contributed by atoms with E-state index < -0.39 is 0 Å². The van der Waals surface area contributed by atoms with Gasteiger partial charge in [-0.25, -0.2) is 0 Å². The third-order valence-electron chi connectivity index (χ3n) is 4.37. The van der Waals surface area contributed by atoms with Gasteiger partial charge in [0, 0.05) is 13.5 Å². The van der Waals surface area contributed by atoms with Crippen LogP contribution < -0.4 is 5.32 Å². The molecule has 2 rings (SSSR count). The van der Waals surface area contributed by atoms with E-state index in [9.17, 15) is 0 Å². The minimum absolute atomic E-state index is 0.246. The van der Waals surface area contributed by atoms with Crippen molar-refractivity contribution in [3.05, 3.63) is 11.8 Å². The molecule has 2 atom stereocenters. The van der Waals surface area contributed by atoms with Gasteiger partial charge in [0.25, 0.3) is 0 Å². The number of hydrogen-bond donors (Lipinski definition) is 1. The van der Waals surface area contributed by atoms with Gasteiger partial charge in [-0.05, 0) is 37.8 Å². The van der Waals surface area contributed by atoms with Crippen LogP contribution in [0.5, 0.6) is 0 Å². The quantitative estimate of drug-likeness (QED) is 0.768. The van der Waals surface area contributed by atoms with Crippen molar-refractivity contribution in [1.82, 2.24) is 5.32 Å². The first kappa shape index (κ1) is 14.9. The Bertz CT molecular complexity index is 284. The van der Waals surface area contributed by atoms with E-state index in [0.29, 0.717) is 5.92 Å². The van der Waals surface area contributed by atoms with E-state index in [0.717, 1.165) is 31.8 Å². The summed E-state index contributed by atoms with van der Waals surface area (Å²) >= 11 is 0. The molecular weight excluding hydrogens is 238 g/mol. The number of ether oxygens (including phenoxy) is 2. The molecule has 1 aliphatic heterocycles. The molecule has 0 radical (unpaired) electrons. The Labute approximate surface area is 117 Å². The van der Waals surface area contributed by atoms with Gasteiger partial charge in [-0.2, -0.15) is 0 Å². The molecule has 1 fully saturated rings. The predicted molar refractivity (Wildman–Crippen MR) is 78.1 cm³/mol. The van der Waals surface area contributed by atoms with Crippen molar-refractivity contribution >= 4 is 0 Å². The zero-order valence-corrected chi connectivity index (χ0v) is 12.5. The fourth-order valence-corrected chi connectivity index (χ4v) is 3.40. The Balaban J connectivity index is 2.04. The lowest BCUT2D eigenvalue weighted by Crippen LogP contribution is -2.47. The zero-order chi connectivity index (χ0) is 13.5. The Hall–Kier alpha value is -0.540. The summed E-state index contributed by atoms with van der Waals surface area (Å²) in [6, 6.07) is 0.246. The van der Waals surface area contributed by atoms with Gasteiger partial charge in [-0.15, -0.1) is 0 Å². The monoisotopic (exact) mass is 267 g/mol. The summed E-state index contributed by atoms with van der Waals surface area (Å²) in [6.45, 7) is 4.06. The van der Waals surface area contributed by atoms with Crippen molar-refractivity contribution in [2.24, 2.45) is 5.92 Å². The molecule has 1 aliphatic carbocycles. The van der Waals surface area contributed by atoms with Gasteiger partial charge in [-0.3, -0.25) is 0 Å². The molecule has 3 nitrogen and oxygen atoms in total. The molecule has 0 aromatic heterocycles. The maximum absolute atomic E-state index is 5.88. The van der Waals surface area contributed by atoms with E-state index in [1.54, 1.807) is 0 Å². The van der Waals surface area contributed by atoms with Crippen LogP contribution in [0.3, 0.4) is 0 Å². The average molecular weight is 267 g/mol. The molecule has 0 aromatic rings. The van der Waals surface area contributed by atoms with E-state index in [1.807, 2.05) is 7.11 Å². The standard InChI is InChI=1S/C16H29NO2/c1-3-11-17-15(14-10-7-12-19-14)16(18-2)13-8-5-4-6-9-13/h10,13,15-17H,3-9,11-12H2,1-2H3. The van der Waals surface area contributed by atoms with Crippen LogP contribution in [0, 0.1) is 5.92 Å². The number of methoxy groups -OCH3 is 1. The summed E-state index contributed by atoms with van der Waals surface area (Å²) in [5, 5.41) is 3.64. The third kappa shape index (κ3) is 3.96. The van der Waals surface area contributed by atoms with Gasteiger partial charge in [0.2, 0.25) is 0 Å². The van der Waals surface area contributed by atoms with E-state index in [1.165, 1.54) is 32.1 Å². The van der Waals surface area contributed by atoms with E-state index >= 15 is 0 Å². The van der Waals surface area contributed by atoms with Crippen LogP contribution in [0.25, 0.3) is 0 Å². The highest BCUT2D eigenvalue weighted by Gasteiger charge is 2.34. The summed E-state index contributed by atoms with van der Waals surface area (Å²) < 4.78 is 11.7. The highest BCUT2D eigenvalue weighted by molar-refractivity contribution is 5.11. The van der Waals surface area contributed by atoms with Crippen molar-refractivity contribution in [1.29, 1.82) is 0 Å². The number of rotatable bonds is 7. The maximum atomic E-state index is 5.88. The zero-order valence-electron chi connectivity index (χ0n) is 12.5. The first-order chi connectivity index (χ1) is 9.36.